The normalized spacial score (nSPS) is 23.5. The van der Waals surface area contributed by atoms with E-state index in [0.717, 1.165) is 18.4 Å². The van der Waals surface area contributed by atoms with Gasteiger partial charge in [0.1, 0.15) is 12.6 Å². The number of rotatable bonds is 2. The predicted octanol–water partition coefficient (Wildman–Crippen LogP) is 1.89. The molecule has 3 rings (SSSR count). The highest BCUT2D eigenvalue weighted by Crippen LogP contribution is 2.35. The fourth-order valence-electron chi connectivity index (χ4n) is 2.39. The second kappa shape index (κ2) is 4.53. The molecule has 100 valence electrons. The van der Waals surface area contributed by atoms with Crippen LogP contribution >= 0.6 is 11.6 Å². The van der Waals surface area contributed by atoms with E-state index in [1.54, 1.807) is 6.07 Å². The van der Waals surface area contributed by atoms with Gasteiger partial charge in [0.05, 0.1) is 0 Å². The smallest absolute Gasteiger partial charge is 0.250 e. The summed E-state index contributed by atoms with van der Waals surface area (Å²) in [6.45, 7) is 1.98. The van der Waals surface area contributed by atoms with Crippen LogP contribution in [0, 0.1) is 12.8 Å². The van der Waals surface area contributed by atoms with Crippen molar-refractivity contribution in [2.24, 2.45) is 5.92 Å². The van der Waals surface area contributed by atoms with Crippen LogP contribution in [0.25, 0.3) is 0 Å². The molecule has 1 atom stereocenters. The Balaban J connectivity index is 1.91. The average molecular weight is 279 g/mol. The molecule has 1 N–H and O–H groups in total. The van der Waals surface area contributed by atoms with Gasteiger partial charge in [0.25, 0.3) is 0 Å². The van der Waals surface area contributed by atoms with E-state index in [0.29, 0.717) is 16.6 Å². The molecule has 0 aromatic heterocycles. The number of nitrogens with zero attached hydrogens (tertiary/aromatic N) is 1. The van der Waals surface area contributed by atoms with E-state index >= 15 is 0 Å². The molecule has 2 aliphatic rings. The third kappa shape index (κ3) is 2.32. The van der Waals surface area contributed by atoms with E-state index in [1.165, 1.54) is 4.90 Å². The fraction of sp³-hybridized carbons (Fsp3) is 0.429. The van der Waals surface area contributed by atoms with Crippen LogP contribution in [-0.4, -0.2) is 24.4 Å². The number of hydrogen-bond donors (Lipinski definition) is 1. The lowest BCUT2D eigenvalue weighted by Crippen LogP contribution is -2.59. The summed E-state index contributed by atoms with van der Waals surface area (Å²) < 4.78 is 0. The van der Waals surface area contributed by atoms with Gasteiger partial charge in [-0.15, -0.1) is 0 Å². The van der Waals surface area contributed by atoms with Crippen molar-refractivity contribution >= 4 is 29.1 Å². The number of halogens is 1. The van der Waals surface area contributed by atoms with Crippen LogP contribution in [0.5, 0.6) is 0 Å². The summed E-state index contributed by atoms with van der Waals surface area (Å²) in [5, 5.41) is 3.40. The van der Waals surface area contributed by atoms with Crippen molar-refractivity contribution < 1.29 is 9.59 Å². The van der Waals surface area contributed by atoms with Crippen LogP contribution in [-0.2, 0) is 9.59 Å². The minimum absolute atomic E-state index is 0.0259. The molecule has 0 spiro atoms. The number of amides is 2. The third-order valence-electron chi connectivity index (χ3n) is 3.71. The molecule has 1 aromatic rings. The Morgan fingerprint density at radius 3 is 2.68 bits per heavy atom. The zero-order chi connectivity index (χ0) is 13.6. The summed E-state index contributed by atoms with van der Waals surface area (Å²) in [4.78, 5) is 25.7. The van der Waals surface area contributed by atoms with Gasteiger partial charge in [0.15, 0.2) is 0 Å². The third-order valence-corrected chi connectivity index (χ3v) is 4.12. The Morgan fingerprint density at radius 2 is 2.05 bits per heavy atom. The molecule has 5 heteroatoms. The van der Waals surface area contributed by atoms with Crippen molar-refractivity contribution in [3.8, 4) is 0 Å². The molecule has 1 saturated carbocycles. The number of carbonyl (C=O) groups is 2. The van der Waals surface area contributed by atoms with Gasteiger partial charge in [-0.05, 0) is 43.4 Å². The van der Waals surface area contributed by atoms with Crippen LogP contribution in [0.2, 0.25) is 5.02 Å². The Bertz CT molecular complexity index is 554. The SMILES string of the molecule is Cc1ccc(N2CC(=O)NC(C3CC3)C2=O)cc1Cl. The standard InChI is InChI=1S/C14H15ClN2O2/c1-8-2-5-10(6-11(8)15)17-7-12(18)16-13(14(17)19)9-3-4-9/h2,5-6,9,13H,3-4,7H2,1H3,(H,16,18). The van der Waals surface area contributed by atoms with Crippen molar-refractivity contribution in [3.63, 3.8) is 0 Å². The summed E-state index contributed by atoms with van der Waals surface area (Å²) >= 11 is 6.09. The Kier molecular flexibility index (Phi) is 2.97. The molecule has 4 nitrogen and oxygen atoms in total. The van der Waals surface area contributed by atoms with Gasteiger partial charge >= 0.3 is 0 Å². The van der Waals surface area contributed by atoms with E-state index in [4.69, 9.17) is 11.6 Å². The first kappa shape index (κ1) is 12.5. The maximum Gasteiger partial charge on any atom is 0.250 e. The van der Waals surface area contributed by atoms with Gasteiger partial charge in [-0.2, -0.15) is 0 Å². The summed E-state index contributed by atoms with van der Waals surface area (Å²) in [5.74, 6) is 0.176. The van der Waals surface area contributed by atoms with Gasteiger partial charge in [-0.25, -0.2) is 0 Å². The van der Waals surface area contributed by atoms with E-state index in [2.05, 4.69) is 5.32 Å². The number of nitrogens with one attached hydrogen (secondary N) is 1. The molecule has 0 radical (unpaired) electrons. The second-order valence-corrected chi connectivity index (χ2v) is 5.65. The summed E-state index contributed by atoms with van der Waals surface area (Å²) in [5.41, 5.74) is 1.65. The minimum atomic E-state index is -0.360. The van der Waals surface area contributed by atoms with Crippen molar-refractivity contribution in [3.05, 3.63) is 28.8 Å². The highest BCUT2D eigenvalue weighted by atomic mass is 35.5. The molecule has 1 aliphatic carbocycles. The second-order valence-electron chi connectivity index (χ2n) is 5.24. The van der Waals surface area contributed by atoms with Crippen LogP contribution in [0.15, 0.2) is 18.2 Å². The maximum absolute atomic E-state index is 12.4. The lowest BCUT2D eigenvalue weighted by atomic mass is 10.1. The van der Waals surface area contributed by atoms with E-state index in [1.807, 2.05) is 19.1 Å². The van der Waals surface area contributed by atoms with E-state index in [9.17, 15) is 9.59 Å². The summed E-state index contributed by atoms with van der Waals surface area (Å²) in [7, 11) is 0. The van der Waals surface area contributed by atoms with Gasteiger partial charge in [0, 0.05) is 10.7 Å². The first-order chi connectivity index (χ1) is 9.06. The first-order valence-electron chi connectivity index (χ1n) is 6.43. The molecular formula is C14H15ClN2O2. The number of anilines is 1. The number of hydrogen-bond acceptors (Lipinski definition) is 2. The Labute approximate surface area is 116 Å². The van der Waals surface area contributed by atoms with Crippen LogP contribution in [0.3, 0.4) is 0 Å². The Hall–Kier alpha value is -1.55. The average Bonchev–Trinajstić information content (AvgIpc) is 3.19. The highest BCUT2D eigenvalue weighted by Gasteiger charge is 2.43. The lowest BCUT2D eigenvalue weighted by molar-refractivity contribution is -0.131. The molecule has 1 unspecified atom stereocenters. The first-order valence-corrected chi connectivity index (χ1v) is 6.81. The van der Waals surface area contributed by atoms with Gasteiger partial charge in [0.2, 0.25) is 11.8 Å². The monoisotopic (exact) mass is 278 g/mol. The van der Waals surface area contributed by atoms with Crippen molar-refractivity contribution in [1.29, 1.82) is 0 Å². The zero-order valence-electron chi connectivity index (χ0n) is 10.6. The summed E-state index contributed by atoms with van der Waals surface area (Å²) in [6.07, 6.45) is 2.03. The summed E-state index contributed by atoms with van der Waals surface area (Å²) in [6, 6.07) is 5.09. The van der Waals surface area contributed by atoms with E-state index < -0.39 is 0 Å². The highest BCUT2D eigenvalue weighted by molar-refractivity contribution is 6.31. The number of benzene rings is 1. The maximum atomic E-state index is 12.4. The quantitative estimate of drug-likeness (QED) is 0.898. The molecule has 2 fully saturated rings. The Morgan fingerprint density at radius 1 is 1.32 bits per heavy atom. The minimum Gasteiger partial charge on any atom is -0.342 e. The molecule has 19 heavy (non-hydrogen) atoms. The van der Waals surface area contributed by atoms with Gasteiger partial charge in [-0.1, -0.05) is 17.7 Å². The molecule has 1 aliphatic heterocycles. The molecule has 1 saturated heterocycles. The molecule has 1 aromatic carbocycles. The van der Waals surface area contributed by atoms with Crippen molar-refractivity contribution in [1.82, 2.24) is 5.32 Å². The number of piperazine rings is 1. The zero-order valence-corrected chi connectivity index (χ0v) is 11.4. The predicted molar refractivity (Wildman–Crippen MR) is 73.2 cm³/mol. The van der Waals surface area contributed by atoms with Crippen molar-refractivity contribution in [2.75, 3.05) is 11.4 Å². The van der Waals surface area contributed by atoms with Crippen LogP contribution in [0.4, 0.5) is 5.69 Å². The molecule has 0 bridgehead atoms. The largest absolute Gasteiger partial charge is 0.342 e. The number of carbonyl (C=O) groups excluding carboxylic acids is 2. The fourth-order valence-corrected chi connectivity index (χ4v) is 2.56. The van der Waals surface area contributed by atoms with Crippen molar-refractivity contribution in [2.45, 2.75) is 25.8 Å². The van der Waals surface area contributed by atoms with Crippen LogP contribution in [0.1, 0.15) is 18.4 Å². The topological polar surface area (TPSA) is 49.4 Å². The lowest BCUT2D eigenvalue weighted by Gasteiger charge is -2.32. The number of aryl methyl sites for hydroxylation is 1. The molecular weight excluding hydrogens is 264 g/mol. The van der Waals surface area contributed by atoms with Gasteiger partial charge in [-0.3, -0.25) is 9.59 Å². The van der Waals surface area contributed by atoms with Gasteiger partial charge < -0.3 is 10.2 Å². The molecule has 1 heterocycles. The van der Waals surface area contributed by atoms with E-state index in [-0.39, 0.29) is 24.4 Å². The van der Waals surface area contributed by atoms with Crippen LogP contribution < -0.4 is 10.2 Å². The molecule has 2 amide bonds.